The van der Waals surface area contributed by atoms with Crippen molar-refractivity contribution in [1.82, 2.24) is 24.6 Å². The Morgan fingerprint density at radius 2 is 1.93 bits per heavy atom. The maximum Gasteiger partial charge on any atom is 0.266 e. The van der Waals surface area contributed by atoms with E-state index in [1.165, 1.54) is 33.9 Å². The van der Waals surface area contributed by atoms with E-state index in [0.29, 0.717) is 11.4 Å². The average molecular weight is 381 g/mol. The number of nitrogens with zero attached hydrogens (tertiary/aromatic N) is 4. The molecule has 9 nitrogen and oxygen atoms in total. The number of carbonyl (C=O) groups excluding carboxylic acids is 1. The summed E-state index contributed by atoms with van der Waals surface area (Å²) in [5.74, 6) is 0.354. The van der Waals surface area contributed by atoms with Gasteiger partial charge in [0.25, 0.3) is 11.1 Å². The van der Waals surface area contributed by atoms with Gasteiger partial charge in [-0.05, 0) is 30.3 Å². The number of nitrogens with one attached hydrogen (secondary N) is 1. The zero-order valence-corrected chi connectivity index (χ0v) is 15.2. The van der Waals surface area contributed by atoms with Crippen LogP contribution >= 0.6 is 0 Å². The van der Waals surface area contributed by atoms with Gasteiger partial charge in [-0.1, -0.05) is 0 Å². The number of amides is 1. The van der Waals surface area contributed by atoms with E-state index in [1.54, 1.807) is 37.4 Å². The highest BCUT2D eigenvalue weighted by Crippen LogP contribution is 2.19. The third kappa shape index (κ3) is 4.70. The first-order chi connectivity index (χ1) is 13.6. The van der Waals surface area contributed by atoms with Gasteiger partial charge in [0.05, 0.1) is 25.7 Å². The molecule has 0 spiro atoms. The van der Waals surface area contributed by atoms with Crippen LogP contribution in [-0.2, 0) is 17.9 Å². The van der Waals surface area contributed by atoms with Crippen LogP contribution in [0.3, 0.4) is 0 Å². The first kappa shape index (κ1) is 19.0. The van der Waals surface area contributed by atoms with Crippen molar-refractivity contribution < 1.29 is 9.53 Å². The van der Waals surface area contributed by atoms with Crippen molar-refractivity contribution in [3.05, 3.63) is 75.7 Å². The van der Waals surface area contributed by atoms with Crippen LogP contribution in [-0.4, -0.2) is 38.9 Å². The SMILES string of the molecule is COc1ccc(-c2cc(=O)n(CC(=O)NCCn3ncccc3=O)cn2)cc1. The summed E-state index contributed by atoms with van der Waals surface area (Å²) in [4.78, 5) is 40.1. The zero-order valence-electron chi connectivity index (χ0n) is 15.2. The second kappa shape index (κ2) is 8.76. The van der Waals surface area contributed by atoms with Crippen molar-refractivity contribution in [3.8, 4) is 17.0 Å². The van der Waals surface area contributed by atoms with Crippen LogP contribution in [0.25, 0.3) is 11.3 Å². The van der Waals surface area contributed by atoms with E-state index in [2.05, 4.69) is 15.4 Å². The number of aromatic nitrogens is 4. The second-order valence-electron chi connectivity index (χ2n) is 5.90. The molecule has 2 aromatic heterocycles. The van der Waals surface area contributed by atoms with Crippen molar-refractivity contribution in [2.75, 3.05) is 13.7 Å². The molecule has 2 heterocycles. The van der Waals surface area contributed by atoms with E-state index in [0.717, 1.165) is 5.56 Å². The molecule has 144 valence electrons. The molecule has 3 aromatic rings. The van der Waals surface area contributed by atoms with Crippen LogP contribution in [0, 0.1) is 0 Å². The molecule has 1 aromatic carbocycles. The van der Waals surface area contributed by atoms with Crippen LogP contribution in [0.15, 0.2) is 64.6 Å². The molecule has 0 atom stereocenters. The highest BCUT2D eigenvalue weighted by atomic mass is 16.5. The summed E-state index contributed by atoms with van der Waals surface area (Å²) in [5, 5.41) is 6.56. The van der Waals surface area contributed by atoms with Gasteiger partial charge in [-0.2, -0.15) is 5.10 Å². The standard InChI is InChI=1S/C19H19N5O4/c1-28-15-6-4-14(5-7-15)16-11-19(27)23(13-21-16)12-17(25)20-9-10-24-18(26)3-2-8-22-24/h2-8,11,13H,9-10,12H2,1H3,(H,20,25). The Balaban J connectivity index is 1.59. The van der Waals surface area contributed by atoms with Crippen LogP contribution in [0.5, 0.6) is 5.75 Å². The lowest BCUT2D eigenvalue weighted by Crippen LogP contribution is -2.35. The molecule has 0 bridgehead atoms. The molecule has 0 aliphatic carbocycles. The maximum absolute atomic E-state index is 12.3. The van der Waals surface area contributed by atoms with Crippen molar-refractivity contribution in [2.45, 2.75) is 13.1 Å². The number of methoxy groups -OCH3 is 1. The van der Waals surface area contributed by atoms with Crippen molar-refractivity contribution in [2.24, 2.45) is 0 Å². The largest absolute Gasteiger partial charge is 0.497 e. The van der Waals surface area contributed by atoms with E-state index in [9.17, 15) is 14.4 Å². The Labute approximate surface area is 160 Å². The van der Waals surface area contributed by atoms with E-state index in [-0.39, 0.29) is 36.7 Å². The second-order valence-corrected chi connectivity index (χ2v) is 5.90. The highest BCUT2D eigenvalue weighted by molar-refractivity contribution is 5.75. The van der Waals surface area contributed by atoms with Crippen molar-refractivity contribution in [1.29, 1.82) is 0 Å². The van der Waals surface area contributed by atoms with Gasteiger partial charge >= 0.3 is 0 Å². The third-order valence-electron chi connectivity index (χ3n) is 4.01. The third-order valence-corrected chi connectivity index (χ3v) is 4.01. The number of rotatable bonds is 7. The molecule has 1 N–H and O–H groups in total. The Morgan fingerprint density at radius 1 is 1.14 bits per heavy atom. The van der Waals surface area contributed by atoms with Crippen LogP contribution in [0.1, 0.15) is 0 Å². The minimum absolute atomic E-state index is 0.161. The molecule has 0 aliphatic heterocycles. The van der Waals surface area contributed by atoms with Gasteiger partial charge < -0.3 is 10.1 Å². The van der Waals surface area contributed by atoms with Crippen LogP contribution in [0.2, 0.25) is 0 Å². The summed E-state index contributed by atoms with van der Waals surface area (Å²) in [6, 6.07) is 11.5. The van der Waals surface area contributed by atoms with Gasteiger partial charge in [-0.3, -0.25) is 19.0 Å². The summed E-state index contributed by atoms with van der Waals surface area (Å²) < 4.78 is 7.57. The number of ether oxygens (including phenoxy) is 1. The fraction of sp³-hybridized carbons (Fsp3) is 0.211. The molecule has 0 unspecified atom stereocenters. The molecule has 9 heteroatoms. The van der Waals surface area contributed by atoms with E-state index < -0.39 is 0 Å². The molecule has 0 saturated heterocycles. The van der Waals surface area contributed by atoms with Gasteiger partial charge in [0.2, 0.25) is 5.91 Å². The normalized spacial score (nSPS) is 10.5. The average Bonchev–Trinajstić information content (AvgIpc) is 2.71. The highest BCUT2D eigenvalue weighted by Gasteiger charge is 2.07. The number of carbonyl (C=O) groups is 1. The Kier molecular flexibility index (Phi) is 5.95. The number of benzene rings is 1. The van der Waals surface area contributed by atoms with Crippen LogP contribution < -0.4 is 21.2 Å². The van der Waals surface area contributed by atoms with Gasteiger partial charge in [-0.15, -0.1) is 0 Å². The summed E-state index contributed by atoms with van der Waals surface area (Å²) >= 11 is 0. The Morgan fingerprint density at radius 3 is 2.61 bits per heavy atom. The minimum Gasteiger partial charge on any atom is -0.497 e. The summed E-state index contributed by atoms with van der Waals surface area (Å²) in [5.41, 5.74) is 0.706. The monoisotopic (exact) mass is 381 g/mol. The molecule has 0 aliphatic rings. The van der Waals surface area contributed by atoms with Gasteiger partial charge in [0.1, 0.15) is 12.3 Å². The molecular formula is C19H19N5O4. The first-order valence-electron chi connectivity index (χ1n) is 8.56. The molecule has 0 saturated carbocycles. The zero-order chi connectivity index (χ0) is 19.9. The summed E-state index contributed by atoms with van der Waals surface area (Å²) in [7, 11) is 1.58. The Bertz CT molecular complexity index is 1070. The molecule has 0 radical (unpaired) electrons. The van der Waals surface area contributed by atoms with Gasteiger partial charge in [-0.25, -0.2) is 9.67 Å². The van der Waals surface area contributed by atoms with Crippen molar-refractivity contribution >= 4 is 5.91 Å². The minimum atomic E-state index is -0.356. The van der Waals surface area contributed by atoms with Gasteiger partial charge in [0.15, 0.2) is 0 Å². The first-order valence-corrected chi connectivity index (χ1v) is 8.56. The maximum atomic E-state index is 12.3. The summed E-state index contributed by atoms with van der Waals surface area (Å²) in [6.45, 7) is 0.308. The lowest BCUT2D eigenvalue weighted by molar-refractivity contribution is -0.121. The topological polar surface area (TPSA) is 108 Å². The quantitative estimate of drug-likeness (QED) is 0.630. The molecule has 3 rings (SSSR count). The molecule has 1 amide bonds. The molecule has 0 fully saturated rings. The Hall–Kier alpha value is -3.75. The van der Waals surface area contributed by atoms with Crippen LogP contribution in [0.4, 0.5) is 0 Å². The van der Waals surface area contributed by atoms with E-state index in [4.69, 9.17) is 4.74 Å². The summed E-state index contributed by atoms with van der Waals surface area (Å²) in [6.07, 6.45) is 2.84. The molecule has 28 heavy (non-hydrogen) atoms. The van der Waals surface area contributed by atoms with E-state index >= 15 is 0 Å². The van der Waals surface area contributed by atoms with Gasteiger partial charge in [0, 0.05) is 30.4 Å². The number of hydrogen-bond donors (Lipinski definition) is 1. The predicted octanol–water partition coefficient (Wildman–Crippen LogP) is 0.292. The lowest BCUT2D eigenvalue weighted by atomic mass is 10.1. The lowest BCUT2D eigenvalue weighted by Gasteiger charge is -2.09. The van der Waals surface area contributed by atoms with Crippen molar-refractivity contribution in [3.63, 3.8) is 0 Å². The number of hydrogen-bond acceptors (Lipinski definition) is 6. The fourth-order valence-electron chi connectivity index (χ4n) is 2.53. The molecular weight excluding hydrogens is 362 g/mol. The predicted molar refractivity (Wildman–Crippen MR) is 102 cm³/mol. The fourth-order valence-corrected chi connectivity index (χ4v) is 2.53. The van der Waals surface area contributed by atoms with E-state index in [1.807, 2.05) is 0 Å². The smallest absolute Gasteiger partial charge is 0.266 e.